The SMILES string of the molecule is CCCOP(=O)(COc1ccccc1)C1(NCCCOc2ccc(O)c(CO)c2)CCCCC1O. The maximum atomic E-state index is 14.4. The molecule has 35 heavy (non-hydrogen) atoms. The largest absolute Gasteiger partial charge is 0.508 e. The van der Waals surface area contributed by atoms with Crippen LogP contribution in [0.25, 0.3) is 0 Å². The van der Waals surface area contributed by atoms with E-state index in [1.807, 2.05) is 37.3 Å². The van der Waals surface area contributed by atoms with Crippen molar-refractivity contribution in [2.24, 2.45) is 0 Å². The van der Waals surface area contributed by atoms with Crippen LogP contribution < -0.4 is 14.8 Å². The topological polar surface area (TPSA) is 117 Å². The molecule has 0 heterocycles. The first kappa shape index (κ1) is 27.5. The van der Waals surface area contributed by atoms with Gasteiger partial charge < -0.3 is 34.6 Å². The van der Waals surface area contributed by atoms with E-state index in [-0.39, 0.29) is 18.7 Å². The number of hydrogen-bond donors (Lipinski definition) is 4. The third-order valence-electron chi connectivity index (χ3n) is 6.34. The molecule has 1 fully saturated rings. The summed E-state index contributed by atoms with van der Waals surface area (Å²) >= 11 is 0. The van der Waals surface area contributed by atoms with E-state index in [1.165, 1.54) is 6.07 Å². The molecule has 3 rings (SSSR count). The quantitative estimate of drug-likeness (QED) is 0.216. The number of para-hydroxylation sites is 1. The molecule has 2 aromatic rings. The molecule has 3 unspecified atom stereocenters. The molecule has 1 aliphatic carbocycles. The Morgan fingerprint density at radius 1 is 1.09 bits per heavy atom. The van der Waals surface area contributed by atoms with Gasteiger partial charge in [-0.3, -0.25) is 4.57 Å². The van der Waals surface area contributed by atoms with Crippen molar-refractivity contribution in [3.8, 4) is 17.2 Å². The Labute approximate surface area is 207 Å². The van der Waals surface area contributed by atoms with Gasteiger partial charge in [-0.2, -0.15) is 0 Å². The summed E-state index contributed by atoms with van der Waals surface area (Å²) in [6, 6.07) is 13.9. The maximum Gasteiger partial charge on any atom is 0.261 e. The van der Waals surface area contributed by atoms with E-state index in [2.05, 4.69) is 5.32 Å². The molecule has 0 radical (unpaired) electrons. The Kier molecular flexibility index (Phi) is 10.4. The van der Waals surface area contributed by atoms with Gasteiger partial charge in [-0.15, -0.1) is 0 Å². The van der Waals surface area contributed by atoms with Crippen molar-refractivity contribution in [2.75, 3.05) is 26.1 Å². The number of ether oxygens (including phenoxy) is 2. The molecule has 1 saturated carbocycles. The van der Waals surface area contributed by atoms with E-state index in [1.54, 1.807) is 12.1 Å². The fraction of sp³-hybridized carbons (Fsp3) is 0.538. The second kappa shape index (κ2) is 13.3. The second-order valence-electron chi connectivity index (χ2n) is 8.86. The lowest BCUT2D eigenvalue weighted by Crippen LogP contribution is -2.57. The first-order chi connectivity index (χ1) is 16.9. The summed E-state index contributed by atoms with van der Waals surface area (Å²) in [7, 11) is -3.47. The second-order valence-corrected chi connectivity index (χ2v) is 11.5. The lowest BCUT2D eigenvalue weighted by molar-refractivity contribution is 0.0549. The van der Waals surface area contributed by atoms with Crippen LogP contribution in [0.4, 0.5) is 0 Å². The van der Waals surface area contributed by atoms with Gasteiger partial charge in [-0.05, 0) is 62.6 Å². The lowest BCUT2D eigenvalue weighted by atomic mass is 9.91. The molecule has 4 N–H and O–H groups in total. The zero-order valence-electron chi connectivity index (χ0n) is 20.4. The number of aliphatic hydroxyl groups excluding tert-OH is 2. The smallest absolute Gasteiger partial charge is 0.261 e. The van der Waals surface area contributed by atoms with Gasteiger partial charge in [0.25, 0.3) is 7.37 Å². The molecule has 0 aromatic heterocycles. The lowest BCUT2D eigenvalue weighted by Gasteiger charge is -2.46. The van der Waals surface area contributed by atoms with Crippen LogP contribution in [0.2, 0.25) is 0 Å². The fourth-order valence-electron chi connectivity index (χ4n) is 4.39. The number of benzene rings is 2. The Balaban J connectivity index is 1.68. The van der Waals surface area contributed by atoms with Gasteiger partial charge >= 0.3 is 0 Å². The monoisotopic (exact) mass is 507 g/mol. The van der Waals surface area contributed by atoms with E-state index >= 15 is 0 Å². The summed E-state index contributed by atoms with van der Waals surface area (Å²) in [6.45, 7) is 2.84. The third kappa shape index (κ3) is 6.99. The summed E-state index contributed by atoms with van der Waals surface area (Å²) in [4.78, 5) is 0. The number of phenols is 1. The van der Waals surface area contributed by atoms with E-state index in [9.17, 15) is 19.9 Å². The van der Waals surface area contributed by atoms with Gasteiger partial charge in [0, 0.05) is 5.56 Å². The molecule has 194 valence electrons. The average Bonchev–Trinajstić information content (AvgIpc) is 2.88. The summed E-state index contributed by atoms with van der Waals surface area (Å²) in [5.41, 5.74) is 0.400. The van der Waals surface area contributed by atoms with Crippen molar-refractivity contribution in [1.82, 2.24) is 5.32 Å². The molecule has 0 bridgehead atoms. The highest BCUT2D eigenvalue weighted by molar-refractivity contribution is 7.60. The maximum absolute atomic E-state index is 14.4. The van der Waals surface area contributed by atoms with Gasteiger partial charge in [0.15, 0.2) is 6.35 Å². The molecule has 1 aliphatic rings. The summed E-state index contributed by atoms with van der Waals surface area (Å²) in [5.74, 6) is 1.18. The van der Waals surface area contributed by atoms with Crippen molar-refractivity contribution >= 4 is 7.37 Å². The molecule has 0 aliphatic heterocycles. The van der Waals surface area contributed by atoms with Gasteiger partial charge in [0.1, 0.15) is 22.5 Å². The number of rotatable bonds is 14. The summed E-state index contributed by atoms with van der Waals surface area (Å²) in [6.07, 6.45) is 3.16. The third-order valence-corrected chi connectivity index (χ3v) is 9.30. The molecule has 0 spiro atoms. The number of nitrogens with one attached hydrogen (secondary N) is 1. The van der Waals surface area contributed by atoms with Crippen LogP contribution in [0.3, 0.4) is 0 Å². The highest BCUT2D eigenvalue weighted by atomic mass is 31.2. The predicted molar refractivity (Wildman–Crippen MR) is 135 cm³/mol. The first-order valence-corrected chi connectivity index (χ1v) is 14.2. The molecule has 9 heteroatoms. The Morgan fingerprint density at radius 3 is 2.60 bits per heavy atom. The molecular formula is C26H38NO7P. The van der Waals surface area contributed by atoms with Crippen molar-refractivity contribution in [1.29, 1.82) is 0 Å². The normalized spacial score (nSPS) is 21.9. The first-order valence-electron chi connectivity index (χ1n) is 12.3. The molecule has 8 nitrogen and oxygen atoms in total. The van der Waals surface area contributed by atoms with Crippen molar-refractivity contribution < 1.29 is 33.9 Å². The van der Waals surface area contributed by atoms with E-state index < -0.39 is 18.8 Å². The minimum absolute atomic E-state index is 0.0234. The van der Waals surface area contributed by atoms with Crippen molar-refractivity contribution in [3.63, 3.8) is 0 Å². The number of aromatic hydroxyl groups is 1. The van der Waals surface area contributed by atoms with E-state index in [0.29, 0.717) is 62.5 Å². The van der Waals surface area contributed by atoms with Crippen LogP contribution in [-0.4, -0.2) is 52.8 Å². The van der Waals surface area contributed by atoms with Gasteiger partial charge in [0.05, 0.1) is 25.9 Å². The Hall–Kier alpha value is -2.09. The van der Waals surface area contributed by atoms with E-state index in [4.69, 9.17) is 14.0 Å². The summed E-state index contributed by atoms with van der Waals surface area (Å²) < 4.78 is 32.0. The molecule has 2 aromatic carbocycles. The van der Waals surface area contributed by atoms with Gasteiger partial charge in [-0.25, -0.2) is 0 Å². The van der Waals surface area contributed by atoms with Crippen LogP contribution >= 0.6 is 7.37 Å². The van der Waals surface area contributed by atoms with Crippen LogP contribution in [0.1, 0.15) is 51.0 Å². The highest BCUT2D eigenvalue weighted by Crippen LogP contribution is 2.62. The summed E-state index contributed by atoms with van der Waals surface area (Å²) in [5, 5.41) is 32.5. The van der Waals surface area contributed by atoms with E-state index in [0.717, 1.165) is 12.8 Å². The Morgan fingerprint density at radius 2 is 1.89 bits per heavy atom. The predicted octanol–water partition coefficient (Wildman–Crippen LogP) is 4.62. The standard InChI is InChI=1S/C26H38NO7P/c1-2-16-34-35(31,20-33-22-9-4-3-5-10-22)26(14-7-6-11-25(26)30)27-15-8-17-32-23-12-13-24(29)21(18-23)19-28/h3-5,9-10,12-13,18,25,27-30H,2,6-8,11,14-17,19-20H2,1H3. The molecule has 3 atom stereocenters. The zero-order valence-corrected chi connectivity index (χ0v) is 21.3. The Bertz CT molecular complexity index is 958. The minimum Gasteiger partial charge on any atom is -0.508 e. The molecular weight excluding hydrogens is 469 g/mol. The van der Waals surface area contributed by atoms with Gasteiger partial charge in [0.2, 0.25) is 0 Å². The van der Waals surface area contributed by atoms with Crippen LogP contribution in [0.5, 0.6) is 17.2 Å². The van der Waals surface area contributed by atoms with Gasteiger partial charge in [-0.1, -0.05) is 38.0 Å². The zero-order chi connectivity index (χ0) is 25.2. The average molecular weight is 508 g/mol. The molecule has 0 amide bonds. The van der Waals surface area contributed by atoms with Crippen LogP contribution in [0.15, 0.2) is 48.5 Å². The molecule has 0 saturated heterocycles. The van der Waals surface area contributed by atoms with Crippen molar-refractivity contribution in [2.45, 2.75) is 63.4 Å². The minimum atomic E-state index is -3.47. The number of aliphatic hydroxyl groups is 2. The van der Waals surface area contributed by atoms with Crippen LogP contribution in [-0.2, 0) is 15.7 Å². The van der Waals surface area contributed by atoms with Crippen molar-refractivity contribution in [3.05, 3.63) is 54.1 Å². The number of hydrogen-bond acceptors (Lipinski definition) is 8. The van der Waals surface area contributed by atoms with Crippen LogP contribution in [0, 0.1) is 0 Å². The fourth-order valence-corrected chi connectivity index (χ4v) is 7.16. The highest BCUT2D eigenvalue weighted by Gasteiger charge is 2.55.